The van der Waals surface area contributed by atoms with Crippen LogP contribution in [-0.2, 0) is 0 Å². The number of nitrogens with one attached hydrogen (secondary N) is 2. The molecule has 0 spiro atoms. The van der Waals surface area contributed by atoms with Crippen LogP contribution in [0.1, 0.15) is 36.5 Å². The lowest BCUT2D eigenvalue weighted by atomic mass is 10.2. The molecular formula is C16H18Cl2N4O. The van der Waals surface area contributed by atoms with E-state index in [4.69, 9.17) is 23.2 Å². The molecule has 1 amide bonds. The molecular weight excluding hydrogens is 335 g/mol. The van der Waals surface area contributed by atoms with E-state index in [-0.39, 0.29) is 5.91 Å². The minimum atomic E-state index is -0.173. The monoisotopic (exact) mass is 352 g/mol. The van der Waals surface area contributed by atoms with Crippen LogP contribution in [0.4, 0.5) is 11.6 Å². The van der Waals surface area contributed by atoms with Crippen molar-refractivity contribution in [1.82, 2.24) is 15.3 Å². The minimum absolute atomic E-state index is 0.173. The van der Waals surface area contributed by atoms with Gasteiger partial charge in [0.05, 0.1) is 21.3 Å². The van der Waals surface area contributed by atoms with Crippen molar-refractivity contribution < 1.29 is 4.79 Å². The van der Waals surface area contributed by atoms with Gasteiger partial charge in [-0.25, -0.2) is 9.97 Å². The number of rotatable bonds is 7. The molecule has 122 valence electrons. The van der Waals surface area contributed by atoms with Crippen LogP contribution >= 0.6 is 23.2 Å². The van der Waals surface area contributed by atoms with Crippen LogP contribution in [0.5, 0.6) is 0 Å². The van der Waals surface area contributed by atoms with Crippen molar-refractivity contribution in [3.63, 3.8) is 0 Å². The van der Waals surface area contributed by atoms with Gasteiger partial charge in [0.2, 0.25) is 5.95 Å². The Hall–Kier alpha value is -1.85. The van der Waals surface area contributed by atoms with E-state index in [1.807, 2.05) is 0 Å². The third-order valence-electron chi connectivity index (χ3n) is 3.18. The maximum atomic E-state index is 11.9. The van der Waals surface area contributed by atoms with E-state index < -0.39 is 0 Å². The first-order chi connectivity index (χ1) is 11.1. The number of hydrogen-bond donors (Lipinski definition) is 2. The van der Waals surface area contributed by atoms with Crippen molar-refractivity contribution in [2.45, 2.75) is 26.2 Å². The van der Waals surface area contributed by atoms with Crippen LogP contribution in [0.15, 0.2) is 30.6 Å². The standard InChI is InChI=1S/C16H18Cl2N4O/c1-2-3-4-8-19-15(23)11-9-20-16(21-10-11)22-13-7-5-6-12(17)14(13)18/h5-7,9-10H,2-4,8H2,1H3,(H,19,23)(H,20,21,22). The van der Waals surface area contributed by atoms with Gasteiger partial charge in [-0.1, -0.05) is 49.0 Å². The number of nitrogens with zero attached hydrogens (tertiary/aromatic N) is 2. The molecule has 1 aromatic heterocycles. The molecule has 0 unspecified atom stereocenters. The number of halogens is 2. The molecule has 0 atom stereocenters. The van der Waals surface area contributed by atoms with Crippen LogP contribution < -0.4 is 10.6 Å². The molecule has 0 fully saturated rings. The van der Waals surface area contributed by atoms with Crippen molar-refractivity contribution in [2.24, 2.45) is 0 Å². The molecule has 2 aromatic rings. The number of benzene rings is 1. The van der Waals surface area contributed by atoms with Crippen molar-refractivity contribution in [3.8, 4) is 0 Å². The summed E-state index contributed by atoms with van der Waals surface area (Å²) in [6.07, 6.45) is 6.13. The average molecular weight is 353 g/mol. The van der Waals surface area contributed by atoms with E-state index in [0.29, 0.717) is 33.8 Å². The number of carbonyl (C=O) groups is 1. The molecule has 0 aliphatic heterocycles. The maximum Gasteiger partial charge on any atom is 0.254 e. The molecule has 0 aliphatic carbocycles. The van der Waals surface area contributed by atoms with Crippen molar-refractivity contribution in [3.05, 3.63) is 46.2 Å². The molecule has 7 heteroatoms. The van der Waals surface area contributed by atoms with Crippen LogP contribution in [0.2, 0.25) is 10.0 Å². The molecule has 23 heavy (non-hydrogen) atoms. The molecule has 0 bridgehead atoms. The van der Waals surface area contributed by atoms with E-state index in [2.05, 4.69) is 27.5 Å². The molecule has 2 N–H and O–H groups in total. The molecule has 1 aromatic carbocycles. The summed E-state index contributed by atoms with van der Waals surface area (Å²) < 4.78 is 0. The van der Waals surface area contributed by atoms with Gasteiger partial charge >= 0.3 is 0 Å². The summed E-state index contributed by atoms with van der Waals surface area (Å²) in [4.78, 5) is 20.2. The Kier molecular flexibility index (Phi) is 6.62. The Morgan fingerprint density at radius 1 is 1.17 bits per heavy atom. The van der Waals surface area contributed by atoms with E-state index >= 15 is 0 Å². The summed E-state index contributed by atoms with van der Waals surface area (Å²) in [5.74, 6) is 0.171. The quantitative estimate of drug-likeness (QED) is 0.722. The third-order valence-corrected chi connectivity index (χ3v) is 4.00. The number of anilines is 2. The average Bonchev–Trinajstić information content (AvgIpc) is 2.56. The van der Waals surface area contributed by atoms with Gasteiger partial charge in [-0.3, -0.25) is 4.79 Å². The summed E-state index contributed by atoms with van der Waals surface area (Å²) in [5, 5.41) is 6.65. The summed E-state index contributed by atoms with van der Waals surface area (Å²) in [6.45, 7) is 2.78. The first-order valence-corrected chi connectivity index (χ1v) is 8.18. The molecule has 5 nitrogen and oxygen atoms in total. The molecule has 2 rings (SSSR count). The van der Waals surface area contributed by atoms with Gasteiger partial charge < -0.3 is 10.6 Å². The second-order valence-corrected chi connectivity index (χ2v) is 5.77. The highest BCUT2D eigenvalue weighted by Gasteiger charge is 2.08. The van der Waals surface area contributed by atoms with E-state index in [1.165, 1.54) is 12.4 Å². The fourth-order valence-electron chi connectivity index (χ4n) is 1.91. The Labute approximate surface area is 145 Å². The highest BCUT2D eigenvalue weighted by Crippen LogP contribution is 2.30. The van der Waals surface area contributed by atoms with Gasteiger partial charge in [0.25, 0.3) is 5.91 Å². The van der Waals surface area contributed by atoms with Gasteiger partial charge in [0.15, 0.2) is 0 Å². The Morgan fingerprint density at radius 3 is 2.61 bits per heavy atom. The third kappa shape index (κ3) is 5.08. The zero-order valence-electron chi connectivity index (χ0n) is 12.8. The van der Waals surface area contributed by atoms with E-state index in [0.717, 1.165) is 19.3 Å². The molecule has 0 saturated carbocycles. The molecule has 0 aliphatic rings. The predicted molar refractivity (Wildman–Crippen MR) is 93.6 cm³/mol. The zero-order chi connectivity index (χ0) is 16.7. The lowest BCUT2D eigenvalue weighted by Gasteiger charge is -2.08. The normalized spacial score (nSPS) is 10.4. The van der Waals surface area contributed by atoms with Crippen LogP contribution in [0, 0.1) is 0 Å². The summed E-state index contributed by atoms with van der Waals surface area (Å²) in [5.41, 5.74) is 1.03. The number of hydrogen-bond acceptors (Lipinski definition) is 4. The summed E-state index contributed by atoms with van der Waals surface area (Å²) in [6, 6.07) is 5.24. The van der Waals surface area contributed by atoms with Crippen molar-refractivity contribution >= 4 is 40.7 Å². The van der Waals surface area contributed by atoms with Crippen molar-refractivity contribution in [1.29, 1.82) is 0 Å². The molecule has 0 saturated heterocycles. The Bertz CT molecular complexity index is 662. The predicted octanol–water partition coefficient (Wildman–Crippen LogP) is 4.45. The SMILES string of the molecule is CCCCCNC(=O)c1cnc(Nc2cccc(Cl)c2Cl)nc1. The Morgan fingerprint density at radius 2 is 1.91 bits per heavy atom. The maximum absolute atomic E-state index is 11.9. The largest absolute Gasteiger partial charge is 0.352 e. The highest BCUT2D eigenvalue weighted by molar-refractivity contribution is 6.43. The second-order valence-electron chi connectivity index (χ2n) is 4.98. The fourth-order valence-corrected chi connectivity index (χ4v) is 2.26. The first-order valence-electron chi connectivity index (χ1n) is 7.43. The zero-order valence-corrected chi connectivity index (χ0v) is 14.3. The summed E-state index contributed by atoms with van der Waals surface area (Å²) in [7, 11) is 0. The van der Waals surface area contributed by atoms with Gasteiger partial charge in [-0.05, 0) is 18.6 Å². The number of unbranched alkanes of at least 4 members (excludes halogenated alkanes) is 2. The lowest BCUT2D eigenvalue weighted by Crippen LogP contribution is -2.24. The van der Waals surface area contributed by atoms with Crippen molar-refractivity contribution in [2.75, 3.05) is 11.9 Å². The Balaban J connectivity index is 1.96. The number of carbonyl (C=O) groups excluding carboxylic acids is 1. The minimum Gasteiger partial charge on any atom is -0.352 e. The van der Waals surface area contributed by atoms with Crippen LogP contribution in [-0.4, -0.2) is 22.4 Å². The fraction of sp³-hybridized carbons (Fsp3) is 0.312. The van der Waals surface area contributed by atoms with Gasteiger partial charge in [0.1, 0.15) is 0 Å². The number of amides is 1. The summed E-state index contributed by atoms with van der Waals surface area (Å²) >= 11 is 12.0. The van der Waals surface area contributed by atoms with Crippen LogP contribution in [0.3, 0.4) is 0 Å². The molecule has 1 heterocycles. The smallest absolute Gasteiger partial charge is 0.254 e. The van der Waals surface area contributed by atoms with Gasteiger partial charge in [-0.2, -0.15) is 0 Å². The topological polar surface area (TPSA) is 66.9 Å². The highest BCUT2D eigenvalue weighted by atomic mass is 35.5. The van der Waals surface area contributed by atoms with Gasteiger partial charge in [0, 0.05) is 18.9 Å². The van der Waals surface area contributed by atoms with E-state index in [1.54, 1.807) is 18.2 Å². The molecule has 0 radical (unpaired) electrons. The lowest BCUT2D eigenvalue weighted by molar-refractivity contribution is 0.0952. The second kappa shape index (κ2) is 8.70. The first kappa shape index (κ1) is 17.5. The van der Waals surface area contributed by atoms with Crippen LogP contribution in [0.25, 0.3) is 0 Å². The van der Waals surface area contributed by atoms with E-state index in [9.17, 15) is 4.79 Å². The number of aromatic nitrogens is 2. The van der Waals surface area contributed by atoms with Gasteiger partial charge in [-0.15, -0.1) is 0 Å².